The molecule has 6 nitrogen and oxygen atoms in total. The first kappa shape index (κ1) is 21.5. The Kier molecular flexibility index (Phi) is 7.39. The first-order valence-corrected chi connectivity index (χ1v) is 10.3. The Labute approximate surface area is 172 Å². The van der Waals surface area contributed by atoms with E-state index in [4.69, 9.17) is 0 Å². The summed E-state index contributed by atoms with van der Waals surface area (Å²) in [6, 6.07) is 6.98. The van der Waals surface area contributed by atoms with Crippen LogP contribution in [-0.4, -0.2) is 77.0 Å². The van der Waals surface area contributed by atoms with Crippen LogP contribution in [0.1, 0.15) is 29.0 Å². The number of hydrogen-bond donors (Lipinski definition) is 0. The number of amides is 1. The highest BCUT2D eigenvalue weighted by Gasteiger charge is 2.26. The zero-order valence-electron chi connectivity index (χ0n) is 17.7. The van der Waals surface area contributed by atoms with Crippen molar-refractivity contribution in [1.82, 2.24) is 24.3 Å². The van der Waals surface area contributed by atoms with Crippen molar-refractivity contribution >= 4 is 5.91 Å². The molecule has 0 saturated carbocycles. The summed E-state index contributed by atoms with van der Waals surface area (Å²) in [4.78, 5) is 23.7. The Bertz CT molecular complexity index is 806. The number of hydrogen-bond acceptors (Lipinski definition) is 4. The predicted octanol–water partition coefficient (Wildman–Crippen LogP) is 2.48. The van der Waals surface area contributed by atoms with Crippen LogP contribution < -0.4 is 0 Å². The van der Waals surface area contributed by atoms with Gasteiger partial charge >= 0.3 is 0 Å². The number of carbonyl (C=O) groups excluding carboxylic acids is 1. The summed E-state index contributed by atoms with van der Waals surface area (Å²) in [6.45, 7) is 4.64. The summed E-state index contributed by atoms with van der Waals surface area (Å²) in [6.07, 6.45) is 5.61. The first-order chi connectivity index (χ1) is 13.9. The molecule has 29 heavy (non-hydrogen) atoms. The monoisotopic (exact) mass is 401 g/mol. The molecular formula is C22H32FN5O. The largest absolute Gasteiger partial charge is 0.334 e. The van der Waals surface area contributed by atoms with Gasteiger partial charge in [-0.1, -0.05) is 18.2 Å². The molecule has 3 rings (SSSR count). The molecule has 158 valence electrons. The van der Waals surface area contributed by atoms with Crippen molar-refractivity contribution < 1.29 is 9.18 Å². The molecule has 0 unspecified atom stereocenters. The Hall–Kier alpha value is -2.25. The third kappa shape index (κ3) is 5.87. The Morgan fingerprint density at radius 3 is 2.76 bits per heavy atom. The van der Waals surface area contributed by atoms with Gasteiger partial charge in [0.2, 0.25) is 0 Å². The van der Waals surface area contributed by atoms with Gasteiger partial charge in [-0.15, -0.1) is 0 Å². The lowest BCUT2D eigenvalue weighted by Crippen LogP contribution is -2.45. The minimum atomic E-state index is -0.146. The molecule has 7 heteroatoms. The number of benzene rings is 1. The van der Waals surface area contributed by atoms with Crippen molar-refractivity contribution in [2.45, 2.75) is 19.4 Å². The molecule has 1 aliphatic rings. The van der Waals surface area contributed by atoms with Crippen LogP contribution in [0.4, 0.5) is 4.39 Å². The van der Waals surface area contributed by atoms with E-state index in [1.54, 1.807) is 23.0 Å². The van der Waals surface area contributed by atoms with E-state index < -0.39 is 0 Å². The van der Waals surface area contributed by atoms with Crippen LogP contribution in [-0.2, 0) is 13.6 Å². The van der Waals surface area contributed by atoms with Gasteiger partial charge in [-0.25, -0.2) is 9.37 Å². The molecule has 1 aromatic heterocycles. The summed E-state index contributed by atoms with van der Waals surface area (Å²) in [5.74, 6) is 0.683. The van der Waals surface area contributed by atoms with Crippen molar-refractivity contribution in [3.8, 4) is 0 Å². The SMILES string of the molecule is CN(C)CCN(C[C@@H]1CCCN(Cc2ccccc2F)C1)C(=O)c1nccn1C. The molecule has 0 radical (unpaired) electrons. The molecular weight excluding hydrogens is 369 g/mol. The Morgan fingerprint density at radius 2 is 2.07 bits per heavy atom. The second-order valence-electron chi connectivity index (χ2n) is 8.25. The van der Waals surface area contributed by atoms with Crippen LogP contribution in [0.25, 0.3) is 0 Å². The van der Waals surface area contributed by atoms with Gasteiger partial charge in [-0.2, -0.15) is 0 Å². The van der Waals surface area contributed by atoms with Gasteiger partial charge in [0.15, 0.2) is 5.82 Å². The van der Waals surface area contributed by atoms with E-state index in [0.29, 0.717) is 31.4 Å². The predicted molar refractivity (Wildman–Crippen MR) is 112 cm³/mol. The van der Waals surface area contributed by atoms with Crippen molar-refractivity contribution in [2.24, 2.45) is 13.0 Å². The van der Waals surface area contributed by atoms with Crippen LogP contribution >= 0.6 is 0 Å². The first-order valence-electron chi connectivity index (χ1n) is 10.3. The zero-order valence-corrected chi connectivity index (χ0v) is 17.7. The number of carbonyl (C=O) groups is 1. The van der Waals surface area contributed by atoms with E-state index >= 15 is 0 Å². The molecule has 1 fully saturated rings. The summed E-state index contributed by atoms with van der Waals surface area (Å²) in [5.41, 5.74) is 0.738. The molecule has 2 aromatic rings. The van der Waals surface area contributed by atoms with Crippen LogP contribution in [0.5, 0.6) is 0 Å². The lowest BCUT2D eigenvalue weighted by atomic mass is 9.96. The molecule has 1 amide bonds. The maximum atomic E-state index is 14.0. The lowest BCUT2D eigenvalue weighted by molar-refractivity contribution is 0.0645. The van der Waals surface area contributed by atoms with Gasteiger partial charge in [0.05, 0.1) is 0 Å². The summed E-state index contributed by atoms with van der Waals surface area (Å²) < 4.78 is 15.8. The fourth-order valence-corrected chi connectivity index (χ4v) is 3.93. The van der Waals surface area contributed by atoms with Gasteiger partial charge in [-0.3, -0.25) is 9.69 Å². The number of imidazole rings is 1. The summed E-state index contributed by atoms with van der Waals surface area (Å²) in [7, 11) is 5.88. The van der Waals surface area contributed by atoms with Crippen molar-refractivity contribution in [2.75, 3.05) is 46.8 Å². The van der Waals surface area contributed by atoms with Crippen molar-refractivity contribution in [3.05, 3.63) is 53.9 Å². The average Bonchev–Trinajstić information content (AvgIpc) is 3.12. The number of nitrogens with zero attached hydrogens (tertiary/aromatic N) is 5. The molecule has 0 N–H and O–H groups in total. The van der Waals surface area contributed by atoms with E-state index in [1.165, 1.54) is 6.07 Å². The standard InChI is InChI=1S/C22H32FN5O/c1-25(2)13-14-28(22(29)21-24-10-12-26(21)3)16-18-7-6-11-27(15-18)17-19-8-4-5-9-20(19)23/h4-5,8-10,12,18H,6-7,11,13-17H2,1-3H3/t18-/m1/s1. The number of aryl methyl sites for hydroxylation is 1. The molecule has 0 bridgehead atoms. The van der Waals surface area contributed by atoms with Gasteiger partial charge in [0.1, 0.15) is 5.82 Å². The van der Waals surface area contributed by atoms with E-state index in [-0.39, 0.29) is 11.7 Å². The third-order valence-corrected chi connectivity index (χ3v) is 5.55. The highest BCUT2D eigenvalue weighted by Crippen LogP contribution is 2.21. The number of rotatable bonds is 8. The normalized spacial score (nSPS) is 17.6. The molecule has 2 heterocycles. The number of halogens is 1. The smallest absolute Gasteiger partial charge is 0.289 e. The zero-order chi connectivity index (χ0) is 20.8. The van der Waals surface area contributed by atoms with Crippen LogP contribution in [0.15, 0.2) is 36.7 Å². The quantitative estimate of drug-likeness (QED) is 0.682. The fourth-order valence-electron chi connectivity index (χ4n) is 3.93. The number of likely N-dealkylation sites (N-methyl/N-ethyl adjacent to an activating group) is 1. The van der Waals surface area contributed by atoms with Gasteiger partial charge in [0.25, 0.3) is 5.91 Å². The minimum absolute atomic E-state index is 0.0226. The Balaban J connectivity index is 1.65. The summed E-state index contributed by atoms with van der Waals surface area (Å²) >= 11 is 0. The molecule has 1 aliphatic heterocycles. The van der Waals surface area contributed by atoms with E-state index in [2.05, 4.69) is 14.8 Å². The Morgan fingerprint density at radius 1 is 1.28 bits per heavy atom. The van der Waals surface area contributed by atoms with Gasteiger partial charge in [-0.05, 0) is 45.5 Å². The van der Waals surface area contributed by atoms with Gasteiger partial charge < -0.3 is 14.4 Å². The van der Waals surface area contributed by atoms with Crippen LogP contribution in [0.2, 0.25) is 0 Å². The second kappa shape index (κ2) is 9.98. The maximum absolute atomic E-state index is 14.0. The highest BCUT2D eigenvalue weighted by atomic mass is 19.1. The lowest BCUT2D eigenvalue weighted by Gasteiger charge is -2.36. The van der Waals surface area contributed by atoms with Gasteiger partial charge in [0, 0.05) is 57.7 Å². The molecule has 0 aliphatic carbocycles. The summed E-state index contributed by atoms with van der Waals surface area (Å²) in [5, 5.41) is 0. The minimum Gasteiger partial charge on any atom is -0.334 e. The molecule has 1 aromatic carbocycles. The van der Waals surface area contributed by atoms with E-state index in [0.717, 1.165) is 38.0 Å². The number of aromatic nitrogens is 2. The van der Waals surface area contributed by atoms with E-state index in [1.807, 2.05) is 38.2 Å². The third-order valence-electron chi connectivity index (χ3n) is 5.55. The molecule has 1 saturated heterocycles. The molecule has 0 spiro atoms. The van der Waals surface area contributed by atoms with Crippen molar-refractivity contribution in [1.29, 1.82) is 0 Å². The average molecular weight is 402 g/mol. The second-order valence-corrected chi connectivity index (χ2v) is 8.25. The fraction of sp³-hybridized carbons (Fsp3) is 0.545. The number of likely N-dealkylation sites (tertiary alicyclic amines) is 1. The topological polar surface area (TPSA) is 44.6 Å². The van der Waals surface area contributed by atoms with Crippen LogP contribution in [0, 0.1) is 11.7 Å². The maximum Gasteiger partial charge on any atom is 0.289 e. The van der Waals surface area contributed by atoms with Crippen LogP contribution in [0.3, 0.4) is 0 Å². The number of piperidine rings is 1. The van der Waals surface area contributed by atoms with Crippen molar-refractivity contribution in [3.63, 3.8) is 0 Å². The molecule has 1 atom stereocenters. The highest BCUT2D eigenvalue weighted by molar-refractivity contribution is 5.90. The van der Waals surface area contributed by atoms with E-state index in [9.17, 15) is 9.18 Å².